The highest BCUT2D eigenvalue weighted by Gasteiger charge is 2.14. The number of nitrogens with one attached hydrogen (secondary N) is 1. The summed E-state index contributed by atoms with van der Waals surface area (Å²) < 4.78 is 1.62. The number of nitrogens with two attached hydrogens (primary N) is 1. The molecule has 0 spiro atoms. The molecule has 0 saturated carbocycles. The Morgan fingerprint density at radius 1 is 1.67 bits per heavy atom. The Labute approximate surface area is 89.6 Å². The molecule has 1 heterocycles. The van der Waals surface area contributed by atoms with E-state index in [1.165, 1.54) is 0 Å². The molecule has 1 rings (SSSR count). The third-order valence-corrected chi connectivity index (χ3v) is 2.36. The SMILES string of the molecule is CCC(N)CNC(=O)C(C)n1cccn1. The maximum atomic E-state index is 11.6. The largest absolute Gasteiger partial charge is 0.353 e. The van der Waals surface area contributed by atoms with Crippen LogP contribution >= 0.6 is 0 Å². The fourth-order valence-corrected chi connectivity index (χ4v) is 1.15. The molecular weight excluding hydrogens is 192 g/mol. The Bertz CT molecular complexity index is 296. The second-order valence-electron chi connectivity index (χ2n) is 3.58. The van der Waals surface area contributed by atoms with Crippen LogP contribution in [0.25, 0.3) is 0 Å². The van der Waals surface area contributed by atoms with E-state index >= 15 is 0 Å². The number of amides is 1. The summed E-state index contributed by atoms with van der Waals surface area (Å²) in [6.07, 6.45) is 4.28. The van der Waals surface area contributed by atoms with Crippen LogP contribution in [0.2, 0.25) is 0 Å². The summed E-state index contributed by atoms with van der Waals surface area (Å²) >= 11 is 0. The van der Waals surface area contributed by atoms with Crippen molar-refractivity contribution >= 4 is 5.91 Å². The molecule has 2 unspecified atom stereocenters. The molecule has 84 valence electrons. The standard InChI is InChI=1S/C10H18N4O/c1-3-9(11)7-12-10(15)8(2)14-6-4-5-13-14/h4-6,8-9H,3,7,11H2,1-2H3,(H,12,15). The van der Waals surface area contributed by atoms with Crippen molar-refractivity contribution in [3.05, 3.63) is 18.5 Å². The quantitative estimate of drug-likeness (QED) is 0.734. The van der Waals surface area contributed by atoms with Gasteiger partial charge in [-0.3, -0.25) is 9.48 Å². The smallest absolute Gasteiger partial charge is 0.244 e. The normalized spacial score (nSPS) is 14.6. The van der Waals surface area contributed by atoms with Crippen LogP contribution in [-0.2, 0) is 4.79 Å². The molecule has 0 aliphatic carbocycles. The number of nitrogens with zero attached hydrogens (tertiary/aromatic N) is 2. The minimum atomic E-state index is -0.288. The number of carbonyl (C=O) groups excluding carboxylic acids is 1. The average Bonchev–Trinajstić information content (AvgIpc) is 2.77. The lowest BCUT2D eigenvalue weighted by Crippen LogP contribution is -2.39. The zero-order valence-electron chi connectivity index (χ0n) is 9.18. The van der Waals surface area contributed by atoms with Gasteiger partial charge in [-0.05, 0) is 19.4 Å². The summed E-state index contributed by atoms with van der Waals surface area (Å²) in [6, 6.07) is 1.53. The second-order valence-corrected chi connectivity index (χ2v) is 3.58. The van der Waals surface area contributed by atoms with E-state index in [0.717, 1.165) is 6.42 Å². The van der Waals surface area contributed by atoms with E-state index in [1.54, 1.807) is 30.1 Å². The van der Waals surface area contributed by atoms with Crippen molar-refractivity contribution in [1.82, 2.24) is 15.1 Å². The molecule has 0 bridgehead atoms. The van der Waals surface area contributed by atoms with Crippen LogP contribution in [-0.4, -0.2) is 28.3 Å². The maximum absolute atomic E-state index is 11.6. The van der Waals surface area contributed by atoms with Gasteiger partial charge in [0.05, 0.1) is 0 Å². The minimum absolute atomic E-state index is 0.0266. The first-order valence-electron chi connectivity index (χ1n) is 5.17. The van der Waals surface area contributed by atoms with Gasteiger partial charge in [0.1, 0.15) is 6.04 Å². The Morgan fingerprint density at radius 2 is 2.40 bits per heavy atom. The van der Waals surface area contributed by atoms with E-state index in [9.17, 15) is 4.79 Å². The molecule has 15 heavy (non-hydrogen) atoms. The van der Waals surface area contributed by atoms with Gasteiger partial charge in [0.2, 0.25) is 5.91 Å². The van der Waals surface area contributed by atoms with Gasteiger partial charge < -0.3 is 11.1 Å². The van der Waals surface area contributed by atoms with Crippen LogP contribution in [0, 0.1) is 0 Å². The van der Waals surface area contributed by atoms with E-state index in [1.807, 2.05) is 6.92 Å². The molecule has 5 nitrogen and oxygen atoms in total. The van der Waals surface area contributed by atoms with Crippen molar-refractivity contribution < 1.29 is 4.79 Å². The van der Waals surface area contributed by atoms with Gasteiger partial charge >= 0.3 is 0 Å². The van der Waals surface area contributed by atoms with Crippen LogP contribution in [0.4, 0.5) is 0 Å². The summed E-state index contributed by atoms with van der Waals surface area (Å²) in [5.41, 5.74) is 5.70. The number of hydrogen-bond donors (Lipinski definition) is 2. The van der Waals surface area contributed by atoms with Crippen LogP contribution in [0.3, 0.4) is 0 Å². The molecule has 0 aliphatic heterocycles. The van der Waals surface area contributed by atoms with Crippen molar-refractivity contribution in [2.24, 2.45) is 5.73 Å². The molecule has 3 N–H and O–H groups in total. The van der Waals surface area contributed by atoms with E-state index < -0.39 is 0 Å². The number of rotatable bonds is 5. The highest BCUT2D eigenvalue weighted by Crippen LogP contribution is 2.02. The Balaban J connectivity index is 2.41. The van der Waals surface area contributed by atoms with Crippen molar-refractivity contribution in [3.8, 4) is 0 Å². The number of hydrogen-bond acceptors (Lipinski definition) is 3. The summed E-state index contributed by atoms with van der Waals surface area (Å²) in [6.45, 7) is 4.31. The van der Waals surface area contributed by atoms with Crippen molar-refractivity contribution in [3.63, 3.8) is 0 Å². The lowest BCUT2D eigenvalue weighted by atomic mass is 10.2. The zero-order valence-corrected chi connectivity index (χ0v) is 9.18. The minimum Gasteiger partial charge on any atom is -0.353 e. The first-order valence-corrected chi connectivity index (χ1v) is 5.17. The predicted molar refractivity (Wildman–Crippen MR) is 58.2 cm³/mol. The van der Waals surface area contributed by atoms with Crippen molar-refractivity contribution in [1.29, 1.82) is 0 Å². The molecule has 1 aromatic rings. The molecule has 2 atom stereocenters. The molecule has 0 aliphatic rings. The summed E-state index contributed by atoms with van der Waals surface area (Å²) in [5.74, 6) is -0.0531. The van der Waals surface area contributed by atoms with Crippen molar-refractivity contribution in [2.45, 2.75) is 32.4 Å². The topological polar surface area (TPSA) is 72.9 Å². The Morgan fingerprint density at radius 3 is 2.93 bits per heavy atom. The lowest BCUT2D eigenvalue weighted by molar-refractivity contribution is -0.124. The number of carbonyl (C=O) groups is 1. The van der Waals surface area contributed by atoms with Crippen LogP contribution in [0.5, 0.6) is 0 Å². The first-order chi connectivity index (χ1) is 7.15. The monoisotopic (exact) mass is 210 g/mol. The van der Waals surface area contributed by atoms with Crippen LogP contribution in [0.15, 0.2) is 18.5 Å². The first kappa shape index (κ1) is 11.7. The van der Waals surface area contributed by atoms with Gasteiger partial charge in [-0.15, -0.1) is 0 Å². The van der Waals surface area contributed by atoms with Crippen LogP contribution in [0.1, 0.15) is 26.3 Å². The van der Waals surface area contributed by atoms with Gasteiger partial charge in [0, 0.05) is 25.0 Å². The molecule has 0 fully saturated rings. The van der Waals surface area contributed by atoms with E-state index in [4.69, 9.17) is 5.73 Å². The molecule has 5 heteroatoms. The van der Waals surface area contributed by atoms with Crippen molar-refractivity contribution in [2.75, 3.05) is 6.54 Å². The Hall–Kier alpha value is -1.36. The Kier molecular flexibility index (Phi) is 4.30. The summed E-state index contributed by atoms with van der Waals surface area (Å²) in [5, 5.41) is 6.81. The molecule has 0 radical (unpaired) electrons. The third-order valence-electron chi connectivity index (χ3n) is 2.36. The third kappa shape index (κ3) is 3.36. The molecule has 1 amide bonds. The van der Waals surface area contributed by atoms with Gasteiger partial charge in [0.15, 0.2) is 0 Å². The molecule has 1 aromatic heterocycles. The molecule has 0 aromatic carbocycles. The van der Waals surface area contributed by atoms with E-state index in [2.05, 4.69) is 10.4 Å². The van der Waals surface area contributed by atoms with Gasteiger partial charge in [0.25, 0.3) is 0 Å². The highest BCUT2D eigenvalue weighted by molar-refractivity contribution is 5.79. The maximum Gasteiger partial charge on any atom is 0.244 e. The van der Waals surface area contributed by atoms with E-state index in [-0.39, 0.29) is 18.0 Å². The molecule has 0 saturated heterocycles. The van der Waals surface area contributed by atoms with E-state index in [0.29, 0.717) is 6.54 Å². The summed E-state index contributed by atoms with van der Waals surface area (Å²) in [4.78, 5) is 11.6. The second kappa shape index (κ2) is 5.50. The van der Waals surface area contributed by atoms with Gasteiger partial charge in [-0.1, -0.05) is 6.92 Å². The van der Waals surface area contributed by atoms with Crippen LogP contribution < -0.4 is 11.1 Å². The van der Waals surface area contributed by atoms with Gasteiger partial charge in [-0.2, -0.15) is 5.10 Å². The van der Waals surface area contributed by atoms with Gasteiger partial charge in [-0.25, -0.2) is 0 Å². The zero-order chi connectivity index (χ0) is 11.3. The highest BCUT2D eigenvalue weighted by atomic mass is 16.2. The summed E-state index contributed by atoms with van der Waals surface area (Å²) in [7, 11) is 0. The molecular formula is C10H18N4O. The average molecular weight is 210 g/mol. The fourth-order valence-electron chi connectivity index (χ4n) is 1.15. The number of aromatic nitrogens is 2. The predicted octanol–water partition coefficient (Wildman–Crippen LogP) is 0.298. The lowest BCUT2D eigenvalue weighted by Gasteiger charge is -2.14. The fraction of sp³-hybridized carbons (Fsp3) is 0.600.